The Labute approximate surface area is 409 Å². The topological polar surface area (TPSA) is 58.0 Å². The maximum absolute atomic E-state index is 5.13. The molecule has 328 valence electrons. The van der Waals surface area contributed by atoms with Crippen molar-refractivity contribution in [3.63, 3.8) is 0 Å². The second kappa shape index (κ2) is 15.9. The first-order valence-electron chi connectivity index (χ1n) is 23.8. The Kier molecular flexibility index (Phi) is 9.19. The molecule has 6 nitrogen and oxygen atoms in total. The third-order valence-corrected chi connectivity index (χ3v) is 25.1. The van der Waals surface area contributed by atoms with E-state index in [0.29, 0.717) is 5.82 Å². The Bertz CT molecular complexity index is 3600. The second-order valence-corrected chi connectivity index (χ2v) is 25.8. The minimum absolute atomic E-state index is 0.627. The van der Waals surface area contributed by atoms with E-state index in [9.17, 15) is 0 Å². The summed E-state index contributed by atoms with van der Waals surface area (Å²) in [6, 6.07) is 85.3. The summed E-state index contributed by atoms with van der Waals surface area (Å²) in [7, 11) is 0. The molecule has 0 unspecified atom stereocenters. The standard InChI is InChI=1S/C63H42GeN6/c1-2-16-46(17-3-1)70-60-28-14-10-24-54(60)64(55-25-11-15-29-61(55)70)52-22-8-4-18-48(52)63(49-19-5-9-23-53(49)64)50-20-6-12-26-58(50)69(59-27-13-7-21-51(59)63)47-32-30-45(31-33-47)62-67-56(43-34-38-65-39-35-43)42-57(68-62)44-36-40-66-41-37-44/h1-42H. The maximum atomic E-state index is 5.13. The minimum atomic E-state index is -3.86. The van der Waals surface area contributed by atoms with Gasteiger partial charge in [0, 0.05) is 35.9 Å². The van der Waals surface area contributed by atoms with Gasteiger partial charge in [0.15, 0.2) is 0 Å². The zero-order chi connectivity index (χ0) is 46.2. The van der Waals surface area contributed by atoms with Gasteiger partial charge in [-0.1, -0.05) is 0 Å². The third-order valence-electron chi connectivity index (χ3n) is 14.7. The molecule has 8 aromatic carbocycles. The van der Waals surface area contributed by atoms with Crippen LogP contribution in [-0.4, -0.2) is 33.2 Å². The van der Waals surface area contributed by atoms with Crippen molar-refractivity contribution in [1.29, 1.82) is 0 Å². The van der Waals surface area contributed by atoms with Crippen LogP contribution in [-0.2, 0) is 5.41 Å². The Morgan fingerprint density at radius 3 is 1.20 bits per heavy atom. The van der Waals surface area contributed by atoms with Crippen LogP contribution in [0.25, 0.3) is 33.9 Å². The molecular weight excluding hydrogens is 913 g/mol. The number of pyridine rings is 2. The predicted octanol–water partition coefficient (Wildman–Crippen LogP) is 11.9. The van der Waals surface area contributed by atoms with Gasteiger partial charge in [-0.2, -0.15) is 0 Å². The number of hydrogen-bond acceptors (Lipinski definition) is 6. The fourth-order valence-electron chi connectivity index (χ4n) is 12.0. The fraction of sp³-hybridized carbons (Fsp3) is 0.0159. The summed E-state index contributed by atoms with van der Waals surface area (Å²) in [5, 5.41) is 0. The van der Waals surface area contributed by atoms with Crippen LogP contribution < -0.4 is 27.4 Å². The molecule has 7 heteroatoms. The molecule has 0 amide bonds. The van der Waals surface area contributed by atoms with Gasteiger partial charge < -0.3 is 0 Å². The van der Waals surface area contributed by atoms with Crippen molar-refractivity contribution in [2.75, 3.05) is 9.80 Å². The Morgan fingerprint density at radius 1 is 0.314 bits per heavy atom. The van der Waals surface area contributed by atoms with Crippen LogP contribution in [0, 0.1) is 0 Å². The molecule has 2 spiro atoms. The SMILES string of the molecule is c1ccc(N2c3cccc[c]3[Ge]3([c]4ccccc42)[c]2ccccc2C2(c4ccccc4N(c4ccc(-c5nc(-c6ccncc6)cc(-c6ccncc6)n5)cc4)c4ccccc42)c2cccc[c]23)cc1. The summed E-state index contributed by atoms with van der Waals surface area (Å²) in [5.74, 6) is 0.652. The number of benzene rings is 8. The van der Waals surface area contributed by atoms with Crippen molar-refractivity contribution in [3.05, 3.63) is 278 Å². The molecular formula is C63H42GeN6. The average Bonchev–Trinajstić information content (AvgIpc) is 3.45. The van der Waals surface area contributed by atoms with Crippen LogP contribution in [0.2, 0.25) is 0 Å². The Balaban J connectivity index is 0.973. The molecule has 0 atom stereocenters. The first-order valence-corrected chi connectivity index (χ1v) is 28.0. The van der Waals surface area contributed by atoms with E-state index in [1.54, 1.807) is 24.8 Å². The molecule has 11 aromatic rings. The fourth-order valence-corrected chi connectivity index (χ4v) is 23.8. The molecule has 0 fully saturated rings. The summed E-state index contributed by atoms with van der Waals surface area (Å²) in [6.07, 6.45) is 7.20. The zero-order valence-electron chi connectivity index (χ0n) is 37.9. The molecule has 70 heavy (non-hydrogen) atoms. The second-order valence-electron chi connectivity index (χ2n) is 18.1. The van der Waals surface area contributed by atoms with Crippen LogP contribution in [0.5, 0.6) is 0 Å². The van der Waals surface area contributed by atoms with E-state index >= 15 is 0 Å². The van der Waals surface area contributed by atoms with Crippen molar-refractivity contribution < 1.29 is 0 Å². The van der Waals surface area contributed by atoms with E-state index in [0.717, 1.165) is 50.8 Å². The number of hydrogen-bond donors (Lipinski definition) is 0. The van der Waals surface area contributed by atoms with Crippen molar-refractivity contribution in [3.8, 4) is 33.9 Å². The van der Waals surface area contributed by atoms with E-state index < -0.39 is 18.7 Å². The molecule has 0 N–H and O–H groups in total. The van der Waals surface area contributed by atoms with Gasteiger partial charge in [0.2, 0.25) is 0 Å². The first kappa shape index (κ1) is 40.4. The number of nitrogens with zero attached hydrogens (tertiary/aromatic N) is 6. The van der Waals surface area contributed by atoms with Crippen molar-refractivity contribution >= 4 is 65.0 Å². The summed E-state index contributed by atoms with van der Waals surface area (Å²) in [5.41, 5.74) is 16.2. The molecule has 3 aliphatic rings. The Morgan fingerprint density at radius 2 is 0.700 bits per heavy atom. The number of aromatic nitrogens is 4. The molecule has 6 heterocycles. The van der Waals surface area contributed by atoms with Gasteiger partial charge >= 0.3 is 324 Å². The van der Waals surface area contributed by atoms with E-state index in [-0.39, 0.29) is 0 Å². The van der Waals surface area contributed by atoms with Gasteiger partial charge in [0.25, 0.3) is 0 Å². The normalized spacial score (nSPS) is 14.2. The van der Waals surface area contributed by atoms with Gasteiger partial charge in [-0.15, -0.1) is 0 Å². The molecule has 3 aliphatic heterocycles. The van der Waals surface area contributed by atoms with Gasteiger partial charge in [0.05, 0.1) is 11.4 Å². The molecule has 14 rings (SSSR count). The van der Waals surface area contributed by atoms with E-state index in [1.165, 1.54) is 51.2 Å². The van der Waals surface area contributed by atoms with Crippen LogP contribution in [0.15, 0.2) is 255 Å². The predicted molar refractivity (Wildman–Crippen MR) is 286 cm³/mol. The summed E-state index contributed by atoms with van der Waals surface area (Å²) in [6.45, 7) is 0. The number of para-hydroxylation sites is 5. The Hall–Kier alpha value is -8.72. The van der Waals surface area contributed by atoms with Crippen molar-refractivity contribution in [2.45, 2.75) is 5.41 Å². The summed E-state index contributed by atoms with van der Waals surface area (Å²) >= 11 is -3.86. The van der Waals surface area contributed by atoms with Crippen LogP contribution >= 0.6 is 0 Å². The van der Waals surface area contributed by atoms with Crippen LogP contribution in [0.4, 0.5) is 34.1 Å². The van der Waals surface area contributed by atoms with E-state index in [2.05, 4.69) is 220 Å². The quantitative estimate of drug-likeness (QED) is 0.160. The van der Waals surface area contributed by atoms with Crippen molar-refractivity contribution in [2.24, 2.45) is 0 Å². The van der Waals surface area contributed by atoms with Crippen LogP contribution in [0.1, 0.15) is 22.3 Å². The first-order chi connectivity index (χ1) is 34.7. The van der Waals surface area contributed by atoms with Crippen LogP contribution in [0.3, 0.4) is 0 Å². The van der Waals surface area contributed by atoms with Crippen molar-refractivity contribution in [1.82, 2.24) is 19.9 Å². The number of fused-ring (bicyclic) bond motifs is 14. The molecule has 0 bridgehead atoms. The summed E-state index contributed by atoms with van der Waals surface area (Å²) < 4.78 is 5.83. The van der Waals surface area contributed by atoms with Gasteiger partial charge in [0.1, 0.15) is 0 Å². The molecule has 0 radical (unpaired) electrons. The zero-order valence-corrected chi connectivity index (χ0v) is 40.0. The van der Waals surface area contributed by atoms with E-state index in [1.807, 2.05) is 30.3 Å². The van der Waals surface area contributed by atoms with E-state index in [4.69, 9.17) is 9.97 Å². The van der Waals surface area contributed by atoms with Gasteiger partial charge in [-0.05, 0) is 30.3 Å². The molecule has 0 saturated heterocycles. The number of anilines is 6. The molecule has 3 aromatic heterocycles. The van der Waals surface area contributed by atoms with Gasteiger partial charge in [-0.3, -0.25) is 9.97 Å². The third kappa shape index (κ3) is 5.74. The molecule has 0 saturated carbocycles. The van der Waals surface area contributed by atoms with Gasteiger partial charge in [-0.25, -0.2) is 0 Å². The number of rotatable bonds is 5. The monoisotopic (exact) mass is 956 g/mol. The summed E-state index contributed by atoms with van der Waals surface area (Å²) in [4.78, 5) is 23.7. The average molecular weight is 956 g/mol. The molecule has 0 aliphatic carbocycles.